The topological polar surface area (TPSA) is 143 Å². The zero-order valence-corrected chi connectivity index (χ0v) is 46.3. The van der Waals surface area contributed by atoms with Crippen molar-refractivity contribution in [2.45, 2.75) is 127 Å². The van der Waals surface area contributed by atoms with E-state index in [1.807, 2.05) is 207 Å². The highest BCUT2D eigenvalue weighted by Gasteiger charge is 2.45. The van der Waals surface area contributed by atoms with Gasteiger partial charge in [0.25, 0.3) is 0 Å². The number of ether oxygens (including phenoxy) is 3. The fourth-order valence-electron chi connectivity index (χ4n) is 11.1. The molecule has 0 radical (unpaired) electrons. The number of carbonyl (C=O) groups is 5. The van der Waals surface area contributed by atoms with Crippen molar-refractivity contribution in [1.82, 2.24) is 14.7 Å². The Balaban J connectivity index is 0.000000162. The van der Waals surface area contributed by atoms with Crippen molar-refractivity contribution in [2.75, 3.05) is 0 Å². The van der Waals surface area contributed by atoms with Crippen molar-refractivity contribution in [1.29, 1.82) is 0 Å². The maximum absolute atomic E-state index is 13.2. The molecule has 12 nitrogen and oxygen atoms in total. The molecule has 3 heterocycles. The van der Waals surface area contributed by atoms with Crippen LogP contribution in [0.3, 0.4) is 0 Å². The molecule has 3 aliphatic rings. The van der Waals surface area contributed by atoms with Gasteiger partial charge in [-0.15, -0.1) is 0 Å². The van der Waals surface area contributed by atoms with Crippen LogP contribution in [0.15, 0.2) is 225 Å². The van der Waals surface area contributed by atoms with E-state index in [9.17, 15) is 29.1 Å². The number of aliphatic hydroxyl groups is 1. The van der Waals surface area contributed by atoms with Crippen LogP contribution < -0.4 is 0 Å². The van der Waals surface area contributed by atoms with Crippen LogP contribution in [-0.4, -0.2) is 85.5 Å². The van der Waals surface area contributed by atoms with Crippen molar-refractivity contribution in [3.05, 3.63) is 264 Å². The molecule has 12 heteroatoms. The molecule has 3 aliphatic heterocycles. The second-order valence-corrected chi connectivity index (χ2v) is 21.3. The molecule has 7 aromatic carbocycles. The summed E-state index contributed by atoms with van der Waals surface area (Å²) in [6.07, 6.45) is 6.57. The fraction of sp³-hybridized carbons (Fsp3) is 0.290. The van der Waals surface area contributed by atoms with E-state index >= 15 is 0 Å². The van der Waals surface area contributed by atoms with E-state index in [0.717, 1.165) is 38.9 Å². The van der Waals surface area contributed by atoms with Gasteiger partial charge < -0.3 is 29.1 Å². The van der Waals surface area contributed by atoms with Crippen LogP contribution in [0.5, 0.6) is 0 Å². The molecule has 1 unspecified atom stereocenters. The summed E-state index contributed by atoms with van der Waals surface area (Å²) in [6, 6.07) is 68.2. The van der Waals surface area contributed by atoms with Gasteiger partial charge in [0.1, 0.15) is 25.6 Å². The Labute approximate surface area is 476 Å². The van der Waals surface area contributed by atoms with E-state index in [0.29, 0.717) is 57.8 Å². The third-order valence-electron chi connectivity index (χ3n) is 14.8. The first-order valence-electron chi connectivity index (χ1n) is 28.0. The molecule has 2 fully saturated rings. The molecular formula is C69H73N3O9. The maximum atomic E-state index is 13.2. The van der Waals surface area contributed by atoms with E-state index in [1.165, 1.54) is 17.2 Å². The van der Waals surface area contributed by atoms with Gasteiger partial charge in [0.15, 0.2) is 5.78 Å². The number of allylic oxidation sites excluding steroid dienone is 1. The molecular weight excluding hydrogens is 1010 g/mol. The lowest BCUT2D eigenvalue weighted by Gasteiger charge is -2.47. The molecule has 0 aliphatic carbocycles. The summed E-state index contributed by atoms with van der Waals surface area (Å²) >= 11 is 0. The summed E-state index contributed by atoms with van der Waals surface area (Å²) in [7, 11) is 0. The average molecular weight is 1090 g/mol. The standard InChI is InChI=1S/C28H31NO3.C21H23NO3.C20H19NO3/c1-22-18-28(31,19-24-13-7-3-8-14-24)20-26(17-23-11-5-2-6-12-23)29(22)27(30)32-21-25-15-9-4-10-16-25;1-16-12-20(23)14-19(13-17-8-4-2-5-9-17)22(16)21(24)25-15-18-10-6-3-7-11-18;22-19-11-12-21(18(14-19)13-16-7-3-1-4-8-16)20(23)24-15-17-9-5-2-6-10-17/h2-16,22,26,31H,17-21H2,1H3;2-11,16,19H,12-15H2,1H3;1-12,18H,13-15H2/t22-,26+,28-;16-,19+;/m11./s1. The Morgan fingerprint density at radius 2 is 0.790 bits per heavy atom. The lowest BCUT2D eigenvalue weighted by molar-refractivity contribution is -0.124. The van der Waals surface area contributed by atoms with E-state index in [2.05, 4.69) is 24.3 Å². The lowest BCUT2D eigenvalue weighted by Crippen LogP contribution is -2.58. The number of amides is 3. The van der Waals surface area contributed by atoms with Gasteiger partial charge in [-0.25, -0.2) is 14.4 Å². The summed E-state index contributed by atoms with van der Waals surface area (Å²) in [6.45, 7) is 4.63. The number of benzene rings is 7. The van der Waals surface area contributed by atoms with Gasteiger partial charge in [-0.3, -0.25) is 14.5 Å². The fourth-order valence-corrected chi connectivity index (χ4v) is 11.1. The highest BCUT2D eigenvalue weighted by atomic mass is 16.6. The Bertz CT molecular complexity index is 3100. The Kier molecular flexibility index (Phi) is 21.4. The van der Waals surface area contributed by atoms with Gasteiger partial charge in [0.05, 0.1) is 11.6 Å². The zero-order chi connectivity index (χ0) is 56.8. The molecule has 0 saturated carbocycles. The second kappa shape index (κ2) is 29.6. The summed E-state index contributed by atoms with van der Waals surface area (Å²) in [5.74, 6) is 0.239. The van der Waals surface area contributed by atoms with Crippen LogP contribution >= 0.6 is 0 Å². The highest BCUT2D eigenvalue weighted by Crippen LogP contribution is 2.36. The summed E-state index contributed by atoms with van der Waals surface area (Å²) in [5.41, 5.74) is 6.46. The number of carbonyl (C=O) groups excluding carboxylic acids is 5. The first-order chi connectivity index (χ1) is 39.4. The number of likely N-dealkylation sites (tertiary alicyclic amines) is 2. The maximum Gasteiger partial charge on any atom is 0.414 e. The van der Waals surface area contributed by atoms with Crippen molar-refractivity contribution < 1.29 is 43.3 Å². The van der Waals surface area contributed by atoms with Gasteiger partial charge in [-0.05, 0) is 91.0 Å². The van der Waals surface area contributed by atoms with Crippen LogP contribution in [0.4, 0.5) is 14.4 Å². The first-order valence-corrected chi connectivity index (χ1v) is 28.0. The number of Topliss-reactive ketones (excluding diaryl/α,β-unsaturated/α-hetero) is 1. The molecule has 6 atom stereocenters. The largest absolute Gasteiger partial charge is 0.445 e. The van der Waals surface area contributed by atoms with Gasteiger partial charge in [-0.1, -0.05) is 212 Å². The van der Waals surface area contributed by atoms with Crippen molar-refractivity contribution in [3.8, 4) is 0 Å². The quantitative estimate of drug-likeness (QED) is 0.105. The average Bonchev–Trinajstić information content (AvgIpc) is 3.63. The number of ketones is 2. The van der Waals surface area contributed by atoms with E-state index in [-0.39, 0.29) is 73.8 Å². The number of rotatable bonds is 14. The van der Waals surface area contributed by atoms with Crippen LogP contribution in [0.1, 0.15) is 84.9 Å². The van der Waals surface area contributed by atoms with Crippen LogP contribution in [0, 0.1) is 0 Å². The van der Waals surface area contributed by atoms with Gasteiger partial charge in [-0.2, -0.15) is 0 Å². The molecule has 2 saturated heterocycles. The number of hydrogen-bond acceptors (Lipinski definition) is 9. The normalized spacial score (nSPS) is 20.4. The molecule has 1 N–H and O–H groups in total. The molecule has 3 amide bonds. The molecule has 7 aromatic rings. The molecule has 81 heavy (non-hydrogen) atoms. The lowest BCUT2D eigenvalue weighted by atomic mass is 9.77. The predicted molar refractivity (Wildman–Crippen MR) is 313 cm³/mol. The summed E-state index contributed by atoms with van der Waals surface area (Å²) < 4.78 is 16.6. The minimum atomic E-state index is -0.865. The Morgan fingerprint density at radius 3 is 1.22 bits per heavy atom. The monoisotopic (exact) mass is 1090 g/mol. The zero-order valence-electron chi connectivity index (χ0n) is 46.3. The van der Waals surface area contributed by atoms with Gasteiger partial charge in [0.2, 0.25) is 0 Å². The third-order valence-corrected chi connectivity index (χ3v) is 14.8. The number of nitrogens with zero attached hydrogens (tertiary/aromatic N) is 3. The van der Waals surface area contributed by atoms with E-state index in [1.54, 1.807) is 4.90 Å². The highest BCUT2D eigenvalue weighted by molar-refractivity contribution is 5.92. The summed E-state index contributed by atoms with van der Waals surface area (Å²) in [5, 5.41) is 11.6. The number of hydrogen-bond donors (Lipinski definition) is 1. The van der Waals surface area contributed by atoms with Crippen molar-refractivity contribution in [2.24, 2.45) is 0 Å². The van der Waals surface area contributed by atoms with E-state index < -0.39 is 11.7 Å². The van der Waals surface area contributed by atoms with Crippen LogP contribution in [0.2, 0.25) is 0 Å². The molecule has 0 spiro atoms. The SMILES string of the molecule is C[C@@H]1CC(=O)C[C@H](Cc2ccccc2)N1C(=O)OCc1ccccc1.C[C@@H]1C[C@@](O)(Cc2ccccc2)C[C@H](Cc2ccccc2)N1C(=O)OCc1ccccc1.O=C1C=CN(C(=O)OCc2ccccc2)C(Cc2ccccc2)C1. The predicted octanol–water partition coefficient (Wildman–Crippen LogP) is 13.1. The van der Waals surface area contributed by atoms with Gasteiger partial charge >= 0.3 is 18.3 Å². The van der Waals surface area contributed by atoms with Crippen LogP contribution in [0.25, 0.3) is 0 Å². The van der Waals surface area contributed by atoms with Crippen LogP contribution in [-0.2, 0) is 69.3 Å². The minimum absolute atomic E-state index is 0.0306. The minimum Gasteiger partial charge on any atom is -0.445 e. The Morgan fingerprint density at radius 1 is 0.432 bits per heavy atom. The van der Waals surface area contributed by atoms with Crippen molar-refractivity contribution >= 4 is 29.8 Å². The van der Waals surface area contributed by atoms with Crippen molar-refractivity contribution in [3.63, 3.8) is 0 Å². The second-order valence-electron chi connectivity index (χ2n) is 21.3. The van der Waals surface area contributed by atoms with Gasteiger partial charge in [0, 0.05) is 56.1 Å². The first kappa shape index (κ1) is 58.5. The summed E-state index contributed by atoms with van der Waals surface area (Å²) in [4.78, 5) is 67.2. The smallest absolute Gasteiger partial charge is 0.414 e. The number of piperidine rings is 2. The van der Waals surface area contributed by atoms with E-state index in [4.69, 9.17) is 14.2 Å². The third kappa shape index (κ3) is 17.9. The molecule has 0 aromatic heterocycles. The Hall–Kier alpha value is -8.61. The molecule has 418 valence electrons. The molecule has 0 bridgehead atoms. The molecule has 10 rings (SSSR count).